The van der Waals surface area contributed by atoms with Crippen molar-refractivity contribution in [3.63, 3.8) is 0 Å². The van der Waals surface area contributed by atoms with Gasteiger partial charge in [-0.05, 0) is 30.4 Å². The molecular formula is C16H18N2O3. The summed E-state index contributed by atoms with van der Waals surface area (Å²) >= 11 is 0. The van der Waals surface area contributed by atoms with Gasteiger partial charge < -0.3 is 15.4 Å². The molecule has 3 rings (SSSR count). The first-order valence-electron chi connectivity index (χ1n) is 7.16. The number of hydrogen-bond acceptors (Lipinski definition) is 2. The van der Waals surface area contributed by atoms with Gasteiger partial charge in [0.05, 0.1) is 17.5 Å². The number of aliphatic carboxylic acids is 1. The lowest BCUT2D eigenvalue weighted by Gasteiger charge is -2.40. The van der Waals surface area contributed by atoms with Crippen LogP contribution < -0.4 is 5.32 Å². The maximum atomic E-state index is 12.4. The van der Waals surface area contributed by atoms with E-state index in [1.807, 2.05) is 18.2 Å². The summed E-state index contributed by atoms with van der Waals surface area (Å²) in [5.74, 6) is -0.949. The first kappa shape index (κ1) is 13.7. The van der Waals surface area contributed by atoms with E-state index in [4.69, 9.17) is 5.11 Å². The number of carbonyl (C=O) groups excluding carboxylic acids is 1. The number of aromatic nitrogens is 1. The maximum Gasteiger partial charge on any atom is 0.303 e. The van der Waals surface area contributed by atoms with E-state index in [-0.39, 0.29) is 17.7 Å². The standard InChI is InChI=1S/C16H18N2O3/c19-13(20)9-16(6-2-7-16)10-18-15(21)12-4-1-3-11-5-8-17-14(11)12/h1,3-5,8,17H,2,6-7,9-10H2,(H,18,21)(H,19,20). The predicted molar refractivity (Wildman–Crippen MR) is 79.2 cm³/mol. The molecule has 1 aliphatic carbocycles. The number of aromatic amines is 1. The van der Waals surface area contributed by atoms with Crippen molar-refractivity contribution in [2.45, 2.75) is 25.7 Å². The minimum absolute atomic E-state index is 0.125. The van der Waals surface area contributed by atoms with Gasteiger partial charge in [0, 0.05) is 18.1 Å². The third kappa shape index (κ3) is 2.63. The van der Waals surface area contributed by atoms with Crippen molar-refractivity contribution in [3.8, 4) is 0 Å². The number of fused-ring (bicyclic) bond motifs is 1. The molecule has 5 heteroatoms. The van der Waals surface area contributed by atoms with Crippen LogP contribution in [0.25, 0.3) is 10.9 Å². The van der Waals surface area contributed by atoms with E-state index >= 15 is 0 Å². The van der Waals surface area contributed by atoms with Crippen molar-refractivity contribution >= 4 is 22.8 Å². The molecule has 1 fully saturated rings. The quantitative estimate of drug-likeness (QED) is 0.790. The Morgan fingerprint density at radius 3 is 2.76 bits per heavy atom. The molecule has 1 aromatic heterocycles. The largest absolute Gasteiger partial charge is 0.481 e. The van der Waals surface area contributed by atoms with Crippen LogP contribution in [0.3, 0.4) is 0 Å². The number of H-pyrrole nitrogens is 1. The van der Waals surface area contributed by atoms with Crippen molar-refractivity contribution in [1.82, 2.24) is 10.3 Å². The zero-order valence-electron chi connectivity index (χ0n) is 11.7. The molecule has 0 aliphatic heterocycles. The third-order valence-electron chi connectivity index (χ3n) is 4.40. The minimum atomic E-state index is -0.796. The van der Waals surface area contributed by atoms with Crippen LogP contribution in [-0.4, -0.2) is 28.5 Å². The summed E-state index contributed by atoms with van der Waals surface area (Å²) in [6.45, 7) is 0.426. The maximum absolute atomic E-state index is 12.4. The molecule has 3 N–H and O–H groups in total. The molecule has 1 amide bonds. The van der Waals surface area contributed by atoms with Crippen LogP contribution in [0.15, 0.2) is 30.5 Å². The molecule has 1 heterocycles. The van der Waals surface area contributed by atoms with Crippen LogP contribution in [0.5, 0.6) is 0 Å². The highest BCUT2D eigenvalue weighted by atomic mass is 16.4. The van der Waals surface area contributed by atoms with E-state index < -0.39 is 5.97 Å². The molecule has 0 unspecified atom stereocenters. The van der Waals surface area contributed by atoms with Crippen LogP contribution >= 0.6 is 0 Å². The SMILES string of the molecule is O=C(O)CC1(CNC(=O)c2cccc3cc[nH]c23)CCC1. The van der Waals surface area contributed by atoms with Gasteiger partial charge in [0.25, 0.3) is 5.91 Å². The lowest BCUT2D eigenvalue weighted by molar-refractivity contribution is -0.141. The van der Waals surface area contributed by atoms with E-state index in [2.05, 4.69) is 10.3 Å². The zero-order chi connectivity index (χ0) is 14.9. The molecule has 1 aliphatic rings. The fourth-order valence-corrected chi connectivity index (χ4v) is 3.05. The summed E-state index contributed by atoms with van der Waals surface area (Å²) < 4.78 is 0. The second-order valence-electron chi connectivity index (χ2n) is 5.85. The van der Waals surface area contributed by atoms with Crippen LogP contribution in [0.1, 0.15) is 36.0 Å². The average Bonchev–Trinajstić information content (AvgIpc) is 2.89. The summed E-state index contributed by atoms with van der Waals surface area (Å²) in [5.41, 5.74) is 1.16. The lowest BCUT2D eigenvalue weighted by Crippen LogP contribution is -2.43. The number of nitrogens with one attached hydrogen (secondary N) is 2. The van der Waals surface area contributed by atoms with Gasteiger partial charge in [-0.3, -0.25) is 9.59 Å². The van der Waals surface area contributed by atoms with E-state index in [0.29, 0.717) is 12.1 Å². The van der Waals surface area contributed by atoms with Crippen molar-refractivity contribution in [3.05, 3.63) is 36.0 Å². The van der Waals surface area contributed by atoms with Gasteiger partial charge in [0.2, 0.25) is 0 Å². The Morgan fingerprint density at radius 1 is 1.29 bits per heavy atom. The Bertz CT molecular complexity index is 686. The topological polar surface area (TPSA) is 82.2 Å². The van der Waals surface area contributed by atoms with Gasteiger partial charge in [0.15, 0.2) is 0 Å². The van der Waals surface area contributed by atoms with E-state index in [1.165, 1.54) is 0 Å². The summed E-state index contributed by atoms with van der Waals surface area (Å²) in [6.07, 6.45) is 4.70. The van der Waals surface area contributed by atoms with E-state index in [9.17, 15) is 9.59 Å². The number of hydrogen-bond donors (Lipinski definition) is 3. The summed E-state index contributed by atoms with van der Waals surface area (Å²) in [6, 6.07) is 7.49. The van der Waals surface area contributed by atoms with E-state index in [1.54, 1.807) is 12.3 Å². The van der Waals surface area contributed by atoms with E-state index in [0.717, 1.165) is 30.2 Å². The molecule has 1 saturated carbocycles. The number of carboxylic acid groups (broad SMARTS) is 1. The van der Waals surface area contributed by atoms with Crippen molar-refractivity contribution in [1.29, 1.82) is 0 Å². The second kappa shape index (κ2) is 5.24. The monoisotopic (exact) mass is 286 g/mol. The highest BCUT2D eigenvalue weighted by Crippen LogP contribution is 2.43. The molecule has 2 aromatic rings. The van der Waals surface area contributed by atoms with Crippen molar-refractivity contribution in [2.24, 2.45) is 5.41 Å². The molecule has 0 radical (unpaired) electrons. The molecule has 5 nitrogen and oxygen atoms in total. The smallest absolute Gasteiger partial charge is 0.303 e. The number of rotatable bonds is 5. The van der Waals surface area contributed by atoms with Crippen LogP contribution in [-0.2, 0) is 4.79 Å². The predicted octanol–water partition coefficient (Wildman–Crippen LogP) is 2.54. The molecule has 21 heavy (non-hydrogen) atoms. The number of amides is 1. The molecule has 0 spiro atoms. The molecule has 0 atom stereocenters. The van der Waals surface area contributed by atoms with Gasteiger partial charge >= 0.3 is 5.97 Å². The highest BCUT2D eigenvalue weighted by molar-refractivity contribution is 6.05. The Balaban J connectivity index is 1.72. The van der Waals surface area contributed by atoms with Gasteiger partial charge in [-0.1, -0.05) is 18.6 Å². The van der Waals surface area contributed by atoms with Crippen LogP contribution in [0.4, 0.5) is 0 Å². The first-order chi connectivity index (χ1) is 10.1. The van der Waals surface area contributed by atoms with Gasteiger partial charge in [-0.15, -0.1) is 0 Å². The van der Waals surface area contributed by atoms with Crippen molar-refractivity contribution in [2.75, 3.05) is 6.54 Å². The number of benzene rings is 1. The fraction of sp³-hybridized carbons (Fsp3) is 0.375. The third-order valence-corrected chi connectivity index (χ3v) is 4.40. The molecule has 0 saturated heterocycles. The Hall–Kier alpha value is -2.30. The fourth-order valence-electron chi connectivity index (χ4n) is 3.05. The second-order valence-corrected chi connectivity index (χ2v) is 5.85. The Labute approximate surface area is 122 Å². The minimum Gasteiger partial charge on any atom is -0.481 e. The lowest BCUT2D eigenvalue weighted by atomic mass is 9.66. The summed E-state index contributed by atoms with van der Waals surface area (Å²) in [4.78, 5) is 26.4. The molecule has 0 bridgehead atoms. The summed E-state index contributed by atoms with van der Waals surface area (Å²) in [7, 11) is 0. The van der Waals surface area contributed by atoms with Crippen LogP contribution in [0, 0.1) is 5.41 Å². The normalized spacial score (nSPS) is 16.4. The molecule has 1 aromatic carbocycles. The number of para-hydroxylation sites is 1. The van der Waals surface area contributed by atoms with Gasteiger partial charge in [-0.2, -0.15) is 0 Å². The van der Waals surface area contributed by atoms with Gasteiger partial charge in [-0.25, -0.2) is 0 Å². The van der Waals surface area contributed by atoms with Crippen molar-refractivity contribution < 1.29 is 14.7 Å². The summed E-state index contributed by atoms with van der Waals surface area (Å²) in [5, 5.41) is 12.9. The average molecular weight is 286 g/mol. The number of carboxylic acids is 1. The number of carbonyl (C=O) groups is 2. The first-order valence-corrected chi connectivity index (χ1v) is 7.16. The Kier molecular flexibility index (Phi) is 3.41. The Morgan fingerprint density at radius 2 is 2.10 bits per heavy atom. The molecule has 110 valence electrons. The van der Waals surface area contributed by atoms with Crippen LogP contribution in [0.2, 0.25) is 0 Å². The molecular weight excluding hydrogens is 268 g/mol. The van der Waals surface area contributed by atoms with Gasteiger partial charge in [0.1, 0.15) is 0 Å². The zero-order valence-corrected chi connectivity index (χ0v) is 11.7. The highest BCUT2D eigenvalue weighted by Gasteiger charge is 2.39.